The number of fused-ring (bicyclic) bond motifs is 1. The Labute approximate surface area is 157 Å². The van der Waals surface area contributed by atoms with E-state index in [-0.39, 0.29) is 18.4 Å². The van der Waals surface area contributed by atoms with Gasteiger partial charge in [-0.1, -0.05) is 37.3 Å². The maximum atomic E-state index is 12.8. The van der Waals surface area contributed by atoms with Crippen LogP contribution in [0, 0.1) is 6.92 Å². The van der Waals surface area contributed by atoms with E-state index < -0.39 is 0 Å². The molecule has 3 rings (SSSR count). The highest BCUT2D eigenvalue weighted by Gasteiger charge is 2.19. The third-order valence-electron chi connectivity index (χ3n) is 4.26. The first-order valence-corrected chi connectivity index (χ1v) is 8.96. The van der Waals surface area contributed by atoms with Crippen LogP contribution in [0.2, 0.25) is 0 Å². The van der Waals surface area contributed by atoms with Crippen LogP contribution < -0.4 is 10.6 Å². The summed E-state index contributed by atoms with van der Waals surface area (Å²) in [6, 6.07) is 11.4. The van der Waals surface area contributed by atoms with Gasteiger partial charge in [0.1, 0.15) is 0 Å². The average Bonchev–Trinajstić information content (AvgIpc) is 2.98. The standard InChI is InChI=1S/C20H23N5O2/c1-4-10-21-17(26)12-22-20(27)15-11-16(14-8-6-5-7-9-14)23-19-18(15)13(2)24-25(19)3/h5-9,11H,4,10,12H2,1-3H3,(H,21,26)(H,22,27). The lowest BCUT2D eigenvalue weighted by atomic mass is 10.0. The number of aryl methyl sites for hydroxylation is 2. The van der Waals surface area contributed by atoms with Crippen LogP contribution in [0.25, 0.3) is 22.3 Å². The molecule has 2 amide bonds. The number of benzene rings is 1. The number of nitrogens with one attached hydrogen (secondary N) is 2. The molecule has 0 aliphatic rings. The first kappa shape index (κ1) is 18.6. The van der Waals surface area contributed by atoms with Crippen molar-refractivity contribution in [3.8, 4) is 11.3 Å². The van der Waals surface area contributed by atoms with E-state index >= 15 is 0 Å². The number of carbonyl (C=O) groups is 2. The summed E-state index contributed by atoms with van der Waals surface area (Å²) in [6.45, 7) is 4.34. The SMILES string of the molecule is CCCNC(=O)CNC(=O)c1cc(-c2ccccc2)nc2c1c(C)nn2C. The summed E-state index contributed by atoms with van der Waals surface area (Å²) in [5, 5.41) is 10.5. The normalized spacial score (nSPS) is 10.8. The third kappa shape index (κ3) is 3.97. The van der Waals surface area contributed by atoms with Gasteiger partial charge in [-0.3, -0.25) is 14.3 Å². The van der Waals surface area contributed by atoms with Gasteiger partial charge in [-0.2, -0.15) is 5.10 Å². The highest BCUT2D eigenvalue weighted by Crippen LogP contribution is 2.26. The smallest absolute Gasteiger partial charge is 0.252 e. The number of aromatic nitrogens is 3. The van der Waals surface area contributed by atoms with Crippen LogP contribution in [-0.2, 0) is 11.8 Å². The minimum absolute atomic E-state index is 0.0668. The van der Waals surface area contributed by atoms with E-state index in [0.29, 0.717) is 28.8 Å². The van der Waals surface area contributed by atoms with Crippen LogP contribution in [0.4, 0.5) is 0 Å². The molecule has 0 radical (unpaired) electrons. The molecule has 0 saturated carbocycles. The summed E-state index contributed by atoms with van der Waals surface area (Å²) in [5.74, 6) is -0.524. The fourth-order valence-electron chi connectivity index (χ4n) is 2.96. The van der Waals surface area contributed by atoms with E-state index in [4.69, 9.17) is 0 Å². The Morgan fingerprint density at radius 2 is 1.89 bits per heavy atom. The second-order valence-electron chi connectivity index (χ2n) is 6.36. The highest BCUT2D eigenvalue weighted by atomic mass is 16.2. The number of carbonyl (C=O) groups excluding carboxylic acids is 2. The lowest BCUT2D eigenvalue weighted by Gasteiger charge is -2.09. The van der Waals surface area contributed by atoms with Crippen molar-refractivity contribution in [3.05, 3.63) is 47.7 Å². The Morgan fingerprint density at radius 3 is 2.59 bits per heavy atom. The van der Waals surface area contributed by atoms with Crippen molar-refractivity contribution in [2.24, 2.45) is 7.05 Å². The molecular weight excluding hydrogens is 342 g/mol. The molecule has 0 atom stereocenters. The number of rotatable bonds is 6. The van der Waals surface area contributed by atoms with Crippen LogP contribution in [-0.4, -0.2) is 39.7 Å². The molecule has 27 heavy (non-hydrogen) atoms. The molecular formula is C20H23N5O2. The van der Waals surface area contributed by atoms with Crippen LogP contribution in [0.5, 0.6) is 0 Å². The fraction of sp³-hybridized carbons (Fsp3) is 0.300. The largest absolute Gasteiger partial charge is 0.355 e. The summed E-state index contributed by atoms with van der Waals surface area (Å²) in [4.78, 5) is 29.3. The lowest BCUT2D eigenvalue weighted by molar-refractivity contribution is -0.120. The topological polar surface area (TPSA) is 88.9 Å². The third-order valence-corrected chi connectivity index (χ3v) is 4.26. The van der Waals surface area contributed by atoms with Gasteiger partial charge >= 0.3 is 0 Å². The lowest BCUT2D eigenvalue weighted by Crippen LogP contribution is -2.37. The Morgan fingerprint density at radius 1 is 1.15 bits per heavy atom. The van der Waals surface area contributed by atoms with Crippen molar-refractivity contribution >= 4 is 22.8 Å². The van der Waals surface area contributed by atoms with Gasteiger partial charge in [-0.05, 0) is 19.4 Å². The molecule has 0 aliphatic heterocycles. The van der Waals surface area contributed by atoms with E-state index in [0.717, 1.165) is 17.7 Å². The van der Waals surface area contributed by atoms with Gasteiger partial charge in [0.15, 0.2) is 5.65 Å². The van der Waals surface area contributed by atoms with E-state index in [2.05, 4.69) is 20.7 Å². The van der Waals surface area contributed by atoms with Gasteiger partial charge < -0.3 is 10.6 Å². The Kier molecular flexibility index (Phi) is 5.49. The van der Waals surface area contributed by atoms with Crippen molar-refractivity contribution in [2.75, 3.05) is 13.1 Å². The number of pyridine rings is 1. The van der Waals surface area contributed by atoms with Crippen molar-refractivity contribution in [1.82, 2.24) is 25.4 Å². The Hall–Kier alpha value is -3.22. The number of hydrogen-bond donors (Lipinski definition) is 2. The second-order valence-corrected chi connectivity index (χ2v) is 6.36. The monoisotopic (exact) mass is 365 g/mol. The molecule has 0 spiro atoms. The van der Waals surface area contributed by atoms with Crippen LogP contribution >= 0.6 is 0 Å². The van der Waals surface area contributed by atoms with Crippen LogP contribution in [0.15, 0.2) is 36.4 Å². The Balaban J connectivity index is 1.98. The Bertz CT molecular complexity index is 979. The summed E-state index contributed by atoms with van der Waals surface area (Å²) in [7, 11) is 1.80. The number of nitrogens with zero attached hydrogens (tertiary/aromatic N) is 3. The molecule has 0 aliphatic carbocycles. The van der Waals surface area contributed by atoms with E-state index in [9.17, 15) is 9.59 Å². The molecule has 7 heteroatoms. The van der Waals surface area contributed by atoms with Crippen molar-refractivity contribution in [3.63, 3.8) is 0 Å². The average molecular weight is 365 g/mol. The van der Waals surface area contributed by atoms with Gasteiger partial charge in [0.05, 0.1) is 28.9 Å². The highest BCUT2D eigenvalue weighted by molar-refractivity contribution is 6.08. The molecule has 3 aromatic rings. The molecule has 0 fully saturated rings. The van der Waals surface area contributed by atoms with Crippen LogP contribution in [0.3, 0.4) is 0 Å². The molecule has 0 unspecified atom stereocenters. The zero-order valence-electron chi connectivity index (χ0n) is 15.7. The van der Waals surface area contributed by atoms with Gasteiger partial charge in [-0.25, -0.2) is 4.98 Å². The van der Waals surface area contributed by atoms with E-state index in [1.54, 1.807) is 17.8 Å². The van der Waals surface area contributed by atoms with Crippen molar-refractivity contribution < 1.29 is 9.59 Å². The maximum absolute atomic E-state index is 12.8. The number of hydrogen-bond acceptors (Lipinski definition) is 4. The minimum atomic E-state index is -0.317. The number of amides is 2. The molecule has 2 N–H and O–H groups in total. The molecule has 7 nitrogen and oxygen atoms in total. The van der Waals surface area contributed by atoms with Gasteiger partial charge in [0.2, 0.25) is 5.91 Å². The first-order valence-electron chi connectivity index (χ1n) is 8.96. The zero-order valence-corrected chi connectivity index (χ0v) is 15.7. The predicted octanol–water partition coefficient (Wildman–Crippen LogP) is 2.20. The van der Waals surface area contributed by atoms with Crippen LogP contribution in [0.1, 0.15) is 29.4 Å². The van der Waals surface area contributed by atoms with Gasteiger partial charge in [0.25, 0.3) is 5.91 Å². The fourth-order valence-corrected chi connectivity index (χ4v) is 2.96. The molecule has 1 aromatic carbocycles. The molecule has 0 saturated heterocycles. The maximum Gasteiger partial charge on any atom is 0.252 e. The summed E-state index contributed by atoms with van der Waals surface area (Å²) in [5.41, 5.74) is 3.42. The zero-order chi connectivity index (χ0) is 19.4. The minimum Gasteiger partial charge on any atom is -0.355 e. The van der Waals surface area contributed by atoms with Crippen molar-refractivity contribution in [1.29, 1.82) is 0 Å². The van der Waals surface area contributed by atoms with Crippen molar-refractivity contribution in [2.45, 2.75) is 20.3 Å². The second kappa shape index (κ2) is 7.99. The summed E-state index contributed by atoms with van der Waals surface area (Å²) >= 11 is 0. The predicted molar refractivity (Wildman–Crippen MR) is 104 cm³/mol. The molecule has 2 heterocycles. The molecule has 140 valence electrons. The summed E-state index contributed by atoms with van der Waals surface area (Å²) in [6.07, 6.45) is 0.847. The van der Waals surface area contributed by atoms with E-state index in [1.807, 2.05) is 44.2 Å². The molecule has 2 aromatic heterocycles. The quantitative estimate of drug-likeness (QED) is 0.701. The van der Waals surface area contributed by atoms with Gasteiger partial charge in [-0.15, -0.1) is 0 Å². The molecule has 0 bridgehead atoms. The van der Waals surface area contributed by atoms with E-state index in [1.165, 1.54) is 0 Å². The first-order chi connectivity index (χ1) is 13.0. The summed E-state index contributed by atoms with van der Waals surface area (Å²) < 4.78 is 1.67. The van der Waals surface area contributed by atoms with Gasteiger partial charge in [0, 0.05) is 19.2 Å².